The monoisotopic (exact) mass is 313 g/mol. The standard InChI is InChI=1S/C23H23N/c1-3-8-18(9-4-1)19-13-15-21(16-14-19)23(22-12-7-17-24-22)20-10-5-2-6-11-20/h1-6,8-11,13-16,22-24H,7,12,17H2/t22?,23-/m0/s1. The molecule has 1 heteroatoms. The Labute approximate surface area is 144 Å². The molecule has 120 valence electrons. The molecule has 24 heavy (non-hydrogen) atoms. The van der Waals surface area contributed by atoms with E-state index in [1.165, 1.54) is 35.1 Å². The third-order valence-electron chi connectivity index (χ3n) is 5.04. The highest BCUT2D eigenvalue weighted by Gasteiger charge is 2.27. The van der Waals surface area contributed by atoms with E-state index in [-0.39, 0.29) is 0 Å². The minimum absolute atomic E-state index is 0.429. The summed E-state index contributed by atoms with van der Waals surface area (Å²) in [5.41, 5.74) is 5.37. The molecule has 2 atom stereocenters. The first kappa shape index (κ1) is 15.2. The first-order valence-electron chi connectivity index (χ1n) is 8.85. The van der Waals surface area contributed by atoms with Gasteiger partial charge < -0.3 is 5.32 Å². The van der Waals surface area contributed by atoms with E-state index >= 15 is 0 Å². The maximum Gasteiger partial charge on any atom is 0.0243 e. The smallest absolute Gasteiger partial charge is 0.0243 e. The van der Waals surface area contributed by atoms with Gasteiger partial charge in [0.1, 0.15) is 0 Å². The van der Waals surface area contributed by atoms with Gasteiger partial charge in [-0.3, -0.25) is 0 Å². The Balaban J connectivity index is 1.68. The normalized spacial score (nSPS) is 18.4. The topological polar surface area (TPSA) is 12.0 Å². The van der Waals surface area contributed by atoms with Crippen LogP contribution in [0.3, 0.4) is 0 Å². The fourth-order valence-electron chi connectivity index (χ4n) is 3.83. The van der Waals surface area contributed by atoms with Gasteiger partial charge in [0.2, 0.25) is 0 Å². The lowest BCUT2D eigenvalue weighted by atomic mass is 9.84. The van der Waals surface area contributed by atoms with Crippen LogP contribution in [-0.4, -0.2) is 12.6 Å². The predicted molar refractivity (Wildman–Crippen MR) is 101 cm³/mol. The fraction of sp³-hybridized carbons (Fsp3) is 0.217. The van der Waals surface area contributed by atoms with E-state index in [1.54, 1.807) is 0 Å². The lowest BCUT2D eigenvalue weighted by Gasteiger charge is -2.25. The quantitative estimate of drug-likeness (QED) is 0.695. The molecule has 0 amide bonds. The van der Waals surface area contributed by atoms with Gasteiger partial charge in [-0.05, 0) is 41.6 Å². The molecular formula is C23H23N. The summed E-state index contributed by atoms with van der Waals surface area (Å²) < 4.78 is 0. The summed E-state index contributed by atoms with van der Waals surface area (Å²) in [6, 6.07) is 31.2. The average molecular weight is 313 g/mol. The minimum atomic E-state index is 0.429. The van der Waals surface area contributed by atoms with Crippen molar-refractivity contribution in [1.29, 1.82) is 0 Å². The van der Waals surface area contributed by atoms with E-state index in [0.29, 0.717) is 12.0 Å². The van der Waals surface area contributed by atoms with Gasteiger partial charge in [-0.25, -0.2) is 0 Å². The Bertz CT molecular complexity index is 756. The molecule has 3 aromatic carbocycles. The zero-order valence-corrected chi connectivity index (χ0v) is 13.9. The molecular weight excluding hydrogens is 290 g/mol. The molecule has 1 aliphatic heterocycles. The van der Waals surface area contributed by atoms with Crippen molar-refractivity contribution in [2.45, 2.75) is 24.8 Å². The van der Waals surface area contributed by atoms with E-state index in [0.717, 1.165) is 6.54 Å². The number of hydrogen-bond acceptors (Lipinski definition) is 1. The molecule has 1 heterocycles. The van der Waals surface area contributed by atoms with Gasteiger partial charge in [0.05, 0.1) is 0 Å². The number of nitrogens with one attached hydrogen (secondary N) is 1. The Kier molecular flexibility index (Phi) is 4.44. The molecule has 1 nitrogen and oxygen atoms in total. The van der Waals surface area contributed by atoms with Crippen LogP contribution in [0.5, 0.6) is 0 Å². The molecule has 0 spiro atoms. The molecule has 0 aromatic heterocycles. The largest absolute Gasteiger partial charge is 0.313 e. The highest BCUT2D eigenvalue weighted by molar-refractivity contribution is 5.63. The zero-order valence-electron chi connectivity index (χ0n) is 13.9. The Morgan fingerprint density at radius 3 is 1.88 bits per heavy atom. The molecule has 0 radical (unpaired) electrons. The molecule has 1 saturated heterocycles. The summed E-state index contributed by atoms with van der Waals surface area (Å²) in [5, 5.41) is 3.70. The van der Waals surface area contributed by atoms with Gasteiger partial charge in [0.15, 0.2) is 0 Å². The Morgan fingerprint density at radius 2 is 1.25 bits per heavy atom. The van der Waals surface area contributed by atoms with E-state index in [4.69, 9.17) is 0 Å². The predicted octanol–water partition coefficient (Wildman–Crippen LogP) is 5.24. The van der Waals surface area contributed by atoms with Crippen LogP contribution < -0.4 is 5.32 Å². The second-order valence-corrected chi connectivity index (χ2v) is 6.58. The Hall–Kier alpha value is -2.38. The number of rotatable bonds is 4. The molecule has 1 fully saturated rings. The molecule has 0 saturated carbocycles. The maximum atomic E-state index is 3.70. The van der Waals surface area contributed by atoms with Crippen molar-refractivity contribution in [3.8, 4) is 11.1 Å². The van der Waals surface area contributed by atoms with E-state index in [9.17, 15) is 0 Å². The first-order chi connectivity index (χ1) is 11.9. The van der Waals surface area contributed by atoms with Crippen LogP contribution in [0.25, 0.3) is 11.1 Å². The van der Waals surface area contributed by atoms with Crippen molar-refractivity contribution in [1.82, 2.24) is 5.32 Å². The van der Waals surface area contributed by atoms with Crippen LogP contribution in [0.4, 0.5) is 0 Å². The molecule has 1 N–H and O–H groups in total. The summed E-state index contributed by atoms with van der Waals surface area (Å²) >= 11 is 0. The van der Waals surface area contributed by atoms with Gasteiger partial charge >= 0.3 is 0 Å². The average Bonchev–Trinajstić information content (AvgIpc) is 3.18. The van der Waals surface area contributed by atoms with Crippen LogP contribution in [0, 0.1) is 0 Å². The zero-order chi connectivity index (χ0) is 16.2. The van der Waals surface area contributed by atoms with Gasteiger partial charge in [0, 0.05) is 12.0 Å². The fourth-order valence-corrected chi connectivity index (χ4v) is 3.83. The molecule has 4 rings (SSSR count). The van der Waals surface area contributed by atoms with Crippen molar-refractivity contribution in [2.75, 3.05) is 6.54 Å². The van der Waals surface area contributed by atoms with Crippen LogP contribution >= 0.6 is 0 Å². The van der Waals surface area contributed by atoms with Gasteiger partial charge in [0.25, 0.3) is 0 Å². The van der Waals surface area contributed by atoms with Crippen molar-refractivity contribution in [2.24, 2.45) is 0 Å². The van der Waals surface area contributed by atoms with Crippen LogP contribution in [0.15, 0.2) is 84.9 Å². The first-order valence-corrected chi connectivity index (χ1v) is 8.85. The third-order valence-corrected chi connectivity index (χ3v) is 5.04. The van der Waals surface area contributed by atoms with Gasteiger partial charge in [-0.15, -0.1) is 0 Å². The highest BCUT2D eigenvalue weighted by Crippen LogP contribution is 2.33. The molecule has 0 bridgehead atoms. The summed E-state index contributed by atoms with van der Waals surface area (Å²) in [6.07, 6.45) is 2.52. The Morgan fingerprint density at radius 1 is 0.667 bits per heavy atom. The van der Waals surface area contributed by atoms with Crippen molar-refractivity contribution in [3.05, 3.63) is 96.1 Å². The minimum Gasteiger partial charge on any atom is -0.313 e. The molecule has 0 aliphatic carbocycles. The lowest BCUT2D eigenvalue weighted by Crippen LogP contribution is -2.29. The van der Waals surface area contributed by atoms with Crippen LogP contribution in [0.2, 0.25) is 0 Å². The van der Waals surface area contributed by atoms with Crippen LogP contribution in [-0.2, 0) is 0 Å². The van der Waals surface area contributed by atoms with Crippen LogP contribution in [0.1, 0.15) is 29.9 Å². The second-order valence-electron chi connectivity index (χ2n) is 6.58. The highest BCUT2D eigenvalue weighted by atomic mass is 14.9. The summed E-state index contributed by atoms with van der Waals surface area (Å²) in [7, 11) is 0. The SMILES string of the molecule is c1ccc(-c2ccc([C@H](c3ccccc3)C3CCCN3)cc2)cc1. The molecule has 3 aromatic rings. The number of benzene rings is 3. The maximum absolute atomic E-state index is 3.70. The van der Waals surface area contributed by atoms with Crippen molar-refractivity contribution in [3.63, 3.8) is 0 Å². The molecule has 1 unspecified atom stereocenters. The van der Waals surface area contributed by atoms with Gasteiger partial charge in [-0.2, -0.15) is 0 Å². The second kappa shape index (κ2) is 7.02. The van der Waals surface area contributed by atoms with Gasteiger partial charge in [-0.1, -0.05) is 84.9 Å². The summed E-state index contributed by atoms with van der Waals surface area (Å²) in [4.78, 5) is 0. The van der Waals surface area contributed by atoms with E-state index in [2.05, 4.69) is 90.2 Å². The third kappa shape index (κ3) is 3.13. The van der Waals surface area contributed by atoms with Crippen molar-refractivity contribution >= 4 is 0 Å². The van der Waals surface area contributed by atoms with E-state index < -0.39 is 0 Å². The lowest BCUT2D eigenvalue weighted by molar-refractivity contribution is 0.540. The number of hydrogen-bond donors (Lipinski definition) is 1. The molecule has 1 aliphatic rings. The summed E-state index contributed by atoms with van der Waals surface area (Å²) in [6.45, 7) is 1.14. The summed E-state index contributed by atoms with van der Waals surface area (Å²) in [5.74, 6) is 0.429. The van der Waals surface area contributed by atoms with E-state index in [1.807, 2.05) is 0 Å². The van der Waals surface area contributed by atoms with Crippen molar-refractivity contribution < 1.29 is 0 Å².